The van der Waals surface area contributed by atoms with Crippen molar-refractivity contribution in [1.29, 1.82) is 0 Å². The van der Waals surface area contributed by atoms with Crippen LogP contribution in [0.5, 0.6) is 0 Å². The summed E-state index contributed by atoms with van der Waals surface area (Å²) in [5.74, 6) is -0.472. The molecule has 1 saturated heterocycles. The summed E-state index contributed by atoms with van der Waals surface area (Å²) in [4.78, 5) is 5.41. The van der Waals surface area contributed by atoms with Crippen molar-refractivity contribution >= 4 is 11.3 Å². The Kier molecular flexibility index (Phi) is 2.37. The van der Waals surface area contributed by atoms with Crippen LogP contribution in [0.4, 0.5) is 0 Å². The molecule has 0 aromatic carbocycles. The summed E-state index contributed by atoms with van der Waals surface area (Å²) < 4.78 is 11.5. The molecular weight excluding hydrogens is 198 g/mol. The van der Waals surface area contributed by atoms with Gasteiger partial charge in [-0.2, -0.15) is 0 Å². The molecule has 0 aliphatic carbocycles. The number of rotatable bonds is 1. The summed E-state index contributed by atoms with van der Waals surface area (Å²) in [6.45, 7) is 7.94. The fourth-order valence-corrected chi connectivity index (χ4v) is 2.71. The molecule has 1 aliphatic rings. The van der Waals surface area contributed by atoms with Crippen molar-refractivity contribution in [3.05, 3.63) is 16.1 Å². The van der Waals surface area contributed by atoms with Crippen molar-refractivity contribution in [2.45, 2.75) is 45.7 Å². The Labute approximate surface area is 88.1 Å². The second kappa shape index (κ2) is 3.29. The van der Waals surface area contributed by atoms with E-state index < -0.39 is 5.79 Å². The molecule has 78 valence electrons. The van der Waals surface area contributed by atoms with Gasteiger partial charge in [-0.1, -0.05) is 0 Å². The number of aryl methyl sites for hydroxylation is 1. The highest BCUT2D eigenvalue weighted by Gasteiger charge is 2.40. The zero-order valence-electron chi connectivity index (χ0n) is 8.90. The van der Waals surface area contributed by atoms with E-state index in [1.165, 1.54) is 4.88 Å². The highest BCUT2D eigenvalue weighted by atomic mass is 32.1. The van der Waals surface area contributed by atoms with Crippen LogP contribution in [0.2, 0.25) is 0 Å². The van der Waals surface area contributed by atoms with E-state index in [1.54, 1.807) is 11.3 Å². The van der Waals surface area contributed by atoms with Crippen LogP contribution >= 0.6 is 11.3 Å². The summed E-state index contributed by atoms with van der Waals surface area (Å²) >= 11 is 1.64. The van der Waals surface area contributed by atoms with Crippen LogP contribution in [-0.4, -0.2) is 16.9 Å². The largest absolute Gasteiger partial charge is 0.344 e. The quantitative estimate of drug-likeness (QED) is 0.718. The number of hydrogen-bond acceptors (Lipinski definition) is 4. The fourth-order valence-electron chi connectivity index (χ4n) is 1.79. The predicted octanol–water partition coefficient (Wildman–Crippen LogP) is 2.66. The lowest BCUT2D eigenvalue weighted by Gasteiger charge is -2.16. The molecule has 1 aliphatic heterocycles. The lowest BCUT2D eigenvalue weighted by atomic mass is 10.2. The van der Waals surface area contributed by atoms with Crippen molar-refractivity contribution in [1.82, 2.24) is 4.98 Å². The number of hydrogen-bond donors (Lipinski definition) is 0. The van der Waals surface area contributed by atoms with Crippen LogP contribution in [0.1, 0.15) is 37.4 Å². The van der Waals surface area contributed by atoms with Gasteiger partial charge in [0, 0.05) is 0 Å². The van der Waals surface area contributed by atoms with Crippen LogP contribution in [0.25, 0.3) is 0 Å². The van der Waals surface area contributed by atoms with Gasteiger partial charge in [-0.05, 0) is 27.7 Å². The SMILES string of the molecule is Cc1ncsc1C1OC(C)(C)OC1C. The maximum Gasteiger partial charge on any atom is 0.164 e. The highest BCUT2D eigenvalue weighted by Crippen LogP contribution is 2.40. The Morgan fingerprint density at radius 3 is 2.57 bits per heavy atom. The average Bonchev–Trinajstić information content (AvgIpc) is 2.55. The van der Waals surface area contributed by atoms with Gasteiger partial charge in [-0.25, -0.2) is 4.98 Å². The van der Waals surface area contributed by atoms with Crippen molar-refractivity contribution in [3.8, 4) is 0 Å². The van der Waals surface area contributed by atoms with Gasteiger partial charge in [-0.3, -0.25) is 0 Å². The first-order chi connectivity index (χ1) is 6.49. The van der Waals surface area contributed by atoms with Crippen molar-refractivity contribution < 1.29 is 9.47 Å². The summed E-state index contributed by atoms with van der Waals surface area (Å²) in [6, 6.07) is 0. The van der Waals surface area contributed by atoms with E-state index >= 15 is 0 Å². The second-order valence-corrected chi connectivity index (χ2v) is 4.95. The number of thiazole rings is 1. The first-order valence-corrected chi connectivity index (χ1v) is 5.63. The molecule has 14 heavy (non-hydrogen) atoms. The number of aromatic nitrogens is 1. The summed E-state index contributed by atoms with van der Waals surface area (Å²) in [7, 11) is 0. The highest BCUT2D eigenvalue weighted by molar-refractivity contribution is 7.09. The van der Waals surface area contributed by atoms with Crippen LogP contribution in [0.15, 0.2) is 5.51 Å². The summed E-state index contributed by atoms with van der Waals surface area (Å²) in [6.07, 6.45) is 0.140. The van der Waals surface area contributed by atoms with Gasteiger partial charge >= 0.3 is 0 Å². The van der Waals surface area contributed by atoms with E-state index in [0.717, 1.165) is 5.69 Å². The Bertz CT molecular complexity index is 335. The minimum atomic E-state index is -0.472. The third kappa shape index (κ3) is 1.69. The smallest absolute Gasteiger partial charge is 0.164 e. The van der Waals surface area contributed by atoms with Crippen LogP contribution < -0.4 is 0 Å². The maximum absolute atomic E-state index is 5.83. The number of ether oxygens (including phenoxy) is 2. The molecule has 4 heteroatoms. The first-order valence-electron chi connectivity index (χ1n) is 4.75. The lowest BCUT2D eigenvalue weighted by Crippen LogP contribution is -2.20. The predicted molar refractivity (Wildman–Crippen MR) is 55.3 cm³/mol. The summed E-state index contributed by atoms with van der Waals surface area (Å²) in [5, 5.41) is 0. The third-order valence-electron chi connectivity index (χ3n) is 2.35. The van der Waals surface area contributed by atoms with Gasteiger partial charge in [0.25, 0.3) is 0 Å². The molecule has 0 radical (unpaired) electrons. The standard InChI is InChI=1S/C10H15NO2S/c1-6-9(14-5-11-6)8-7(2)12-10(3,4)13-8/h5,7-8H,1-4H3. The first kappa shape index (κ1) is 10.1. The Balaban J connectivity index is 2.25. The molecule has 0 saturated carbocycles. The van der Waals surface area contributed by atoms with Gasteiger partial charge in [0.1, 0.15) is 6.10 Å². The van der Waals surface area contributed by atoms with Crippen LogP contribution in [0, 0.1) is 6.92 Å². The zero-order valence-corrected chi connectivity index (χ0v) is 9.72. The topological polar surface area (TPSA) is 31.4 Å². The summed E-state index contributed by atoms with van der Waals surface area (Å²) in [5.41, 5.74) is 2.90. The molecule has 2 atom stereocenters. The molecule has 0 amide bonds. The van der Waals surface area contributed by atoms with Gasteiger partial charge < -0.3 is 9.47 Å². The molecular formula is C10H15NO2S. The van der Waals surface area contributed by atoms with E-state index in [2.05, 4.69) is 4.98 Å². The normalized spacial score (nSPS) is 30.9. The minimum absolute atomic E-state index is 0.0394. The molecule has 1 fully saturated rings. The van der Waals surface area contributed by atoms with E-state index in [0.29, 0.717) is 0 Å². The molecule has 1 aromatic heterocycles. The lowest BCUT2D eigenvalue weighted by molar-refractivity contribution is -0.145. The number of nitrogens with zero attached hydrogens (tertiary/aromatic N) is 1. The van der Waals surface area contributed by atoms with Gasteiger partial charge in [-0.15, -0.1) is 11.3 Å². The Morgan fingerprint density at radius 2 is 2.14 bits per heavy atom. The molecule has 0 bridgehead atoms. The maximum atomic E-state index is 5.83. The molecule has 0 spiro atoms. The van der Waals surface area contributed by atoms with Crippen molar-refractivity contribution in [2.75, 3.05) is 0 Å². The van der Waals surface area contributed by atoms with Gasteiger partial charge in [0.2, 0.25) is 0 Å². The average molecular weight is 213 g/mol. The zero-order chi connectivity index (χ0) is 10.3. The van der Waals surface area contributed by atoms with E-state index in [4.69, 9.17) is 9.47 Å². The van der Waals surface area contributed by atoms with E-state index in [1.807, 2.05) is 33.2 Å². The second-order valence-electron chi connectivity index (χ2n) is 4.06. The van der Waals surface area contributed by atoms with Crippen molar-refractivity contribution in [3.63, 3.8) is 0 Å². The minimum Gasteiger partial charge on any atom is -0.344 e. The van der Waals surface area contributed by atoms with Gasteiger partial charge in [0.05, 0.1) is 22.2 Å². The molecule has 2 heterocycles. The molecule has 1 aromatic rings. The fraction of sp³-hybridized carbons (Fsp3) is 0.700. The Hall–Kier alpha value is -0.450. The van der Waals surface area contributed by atoms with Crippen LogP contribution in [0.3, 0.4) is 0 Å². The van der Waals surface area contributed by atoms with E-state index in [9.17, 15) is 0 Å². The molecule has 0 N–H and O–H groups in total. The van der Waals surface area contributed by atoms with Gasteiger partial charge in [0.15, 0.2) is 5.79 Å². The molecule has 2 unspecified atom stereocenters. The molecule has 2 rings (SSSR count). The van der Waals surface area contributed by atoms with E-state index in [-0.39, 0.29) is 12.2 Å². The Morgan fingerprint density at radius 1 is 1.43 bits per heavy atom. The monoisotopic (exact) mass is 213 g/mol. The van der Waals surface area contributed by atoms with Crippen molar-refractivity contribution in [2.24, 2.45) is 0 Å². The van der Waals surface area contributed by atoms with Crippen LogP contribution in [-0.2, 0) is 9.47 Å². The molecule has 3 nitrogen and oxygen atoms in total. The third-order valence-corrected chi connectivity index (χ3v) is 3.34.